The highest BCUT2D eigenvalue weighted by Crippen LogP contribution is 2.38. The Morgan fingerprint density at radius 2 is 0.705 bits per heavy atom. The first-order valence-electron chi connectivity index (χ1n) is 14.8. The van der Waals surface area contributed by atoms with Crippen molar-refractivity contribution in [1.29, 1.82) is 0 Å². The molecule has 0 saturated carbocycles. The van der Waals surface area contributed by atoms with Crippen LogP contribution in [-0.4, -0.2) is 0 Å². The van der Waals surface area contributed by atoms with Gasteiger partial charge in [-0.25, -0.2) is 0 Å². The van der Waals surface area contributed by atoms with Crippen molar-refractivity contribution >= 4 is 0 Å². The molecular weight excluding hydrogens is 536 g/mol. The van der Waals surface area contributed by atoms with Crippen LogP contribution in [0.25, 0.3) is 44.5 Å². The number of hydrogen-bond acceptors (Lipinski definition) is 2. The van der Waals surface area contributed by atoms with Crippen molar-refractivity contribution in [3.63, 3.8) is 0 Å². The van der Waals surface area contributed by atoms with Crippen LogP contribution in [0.3, 0.4) is 0 Å². The predicted molar refractivity (Wildman–Crippen MR) is 181 cm³/mol. The predicted octanol–water partition coefficient (Wildman–Crippen LogP) is 11.9. The van der Waals surface area contributed by atoms with Crippen LogP contribution in [0.5, 0.6) is 23.0 Å². The third-order valence-electron chi connectivity index (χ3n) is 7.60. The number of rotatable bonds is 8. The zero-order valence-electron chi connectivity index (χ0n) is 24.1. The number of para-hydroxylation sites is 1. The van der Waals surface area contributed by atoms with E-state index in [9.17, 15) is 0 Å². The Bertz CT molecular complexity index is 1980. The molecule has 7 aromatic carbocycles. The second-order valence-corrected chi connectivity index (χ2v) is 10.6. The highest BCUT2D eigenvalue weighted by Gasteiger charge is 2.11. The Hall–Kier alpha value is -5.86. The van der Waals surface area contributed by atoms with Crippen molar-refractivity contribution in [2.45, 2.75) is 0 Å². The van der Waals surface area contributed by atoms with E-state index in [1.165, 1.54) is 5.56 Å². The molecule has 2 heteroatoms. The van der Waals surface area contributed by atoms with Gasteiger partial charge in [0.15, 0.2) is 0 Å². The quantitative estimate of drug-likeness (QED) is 0.182. The summed E-state index contributed by atoms with van der Waals surface area (Å²) in [4.78, 5) is 0. The summed E-state index contributed by atoms with van der Waals surface area (Å²) in [6, 6.07) is 62.2. The van der Waals surface area contributed by atoms with Gasteiger partial charge in [-0.3, -0.25) is 0 Å². The molecule has 0 atom stereocenters. The summed E-state index contributed by atoms with van der Waals surface area (Å²) >= 11 is 0. The molecule has 0 radical (unpaired) electrons. The maximum Gasteiger partial charge on any atom is 0.135 e. The van der Waals surface area contributed by atoms with Crippen LogP contribution in [0, 0.1) is 0 Å². The zero-order valence-corrected chi connectivity index (χ0v) is 24.1. The van der Waals surface area contributed by atoms with Gasteiger partial charge in [0.25, 0.3) is 0 Å². The highest BCUT2D eigenvalue weighted by molar-refractivity contribution is 5.78. The van der Waals surface area contributed by atoms with Crippen LogP contribution < -0.4 is 9.47 Å². The van der Waals surface area contributed by atoms with E-state index < -0.39 is 0 Å². The first-order valence-corrected chi connectivity index (χ1v) is 14.8. The fourth-order valence-electron chi connectivity index (χ4n) is 5.36. The van der Waals surface area contributed by atoms with Crippen molar-refractivity contribution in [3.05, 3.63) is 182 Å². The third kappa shape index (κ3) is 6.16. The second-order valence-electron chi connectivity index (χ2n) is 10.6. The van der Waals surface area contributed by atoms with Gasteiger partial charge in [-0.05, 0) is 93.5 Å². The lowest BCUT2D eigenvalue weighted by atomic mass is 9.98. The first-order chi connectivity index (χ1) is 21.8. The summed E-state index contributed by atoms with van der Waals surface area (Å²) < 4.78 is 12.6. The van der Waals surface area contributed by atoms with Crippen molar-refractivity contribution in [3.8, 4) is 67.5 Å². The van der Waals surface area contributed by atoms with Gasteiger partial charge >= 0.3 is 0 Å². The monoisotopic (exact) mass is 566 g/mol. The number of ether oxygens (including phenoxy) is 2. The minimum atomic E-state index is 0.792. The fourth-order valence-corrected chi connectivity index (χ4v) is 5.36. The molecule has 44 heavy (non-hydrogen) atoms. The van der Waals surface area contributed by atoms with Gasteiger partial charge in [0.1, 0.15) is 23.0 Å². The standard InChI is InChI=1S/C42H30O2/c1-4-12-31(13-5-1)37-24-27-42(41(30-37)33-14-6-2-7-15-33)44-40-21-11-18-36(29-40)35-17-10-16-34(28-35)32-22-25-39(26-23-32)43-38-19-8-3-9-20-38/h1-30H. The lowest BCUT2D eigenvalue weighted by molar-refractivity contribution is 0.483. The van der Waals surface area contributed by atoms with Crippen LogP contribution in [0.2, 0.25) is 0 Å². The molecule has 0 aliphatic carbocycles. The topological polar surface area (TPSA) is 18.5 Å². The Morgan fingerprint density at radius 3 is 1.41 bits per heavy atom. The van der Waals surface area contributed by atoms with E-state index in [1.54, 1.807) is 0 Å². The lowest BCUT2D eigenvalue weighted by Crippen LogP contribution is -1.91. The van der Waals surface area contributed by atoms with E-state index in [1.807, 2.05) is 66.7 Å². The van der Waals surface area contributed by atoms with E-state index in [-0.39, 0.29) is 0 Å². The molecule has 0 saturated heterocycles. The molecule has 0 amide bonds. The second kappa shape index (κ2) is 12.6. The largest absolute Gasteiger partial charge is 0.457 e. The molecule has 0 aliphatic heterocycles. The van der Waals surface area contributed by atoms with E-state index in [0.717, 1.165) is 61.9 Å². The van der Waals surface area contributed by atoms with Crippen molar-refractivity contribution in [2.24, 2.45) is 0 Å². The van der Waals surface area contributed by atoms with Crippen LogP contribution in [0.4, 0.5) is 0 Å². The van der Waals surface area contributed by atoms with E-state index in [4.69, 9.17) is 9.47 Å². The molecule has 0 unspecified atom stereocenters. The van der Waals surface area contributed by atoms with Crippen LogP contribution in [0.15, 0.2) is 182 Å². The molecule has 0 aliphatic rings. The van der Waals surface area contributed by atoms with Gasteiger partial charge in [0.05, 0.1) is 0 Å². The Morgan fingerprint density at radius 1 is 0.250 bits per heavy atom. The van der Waals surface area contributed by atoms with Crippen molar-refractivity contribution in [2.75, 3.05) is 0 Å². The molecule has 210 valence electrons. The van der Waals surface area contributed by atoms with Crippen molar-refractivity contribution < 1.29 is 9.47 Å². The minimum absolute atomic E-state index is 0.792. The first kappa shape index (κ1) is 27.0. The molecule has 0 N–H and O–H groups in total. The molecule has 7 aromatic rings. The summed E-state index contributed by atoms with van der Waals surface area (Å²) in [5.74, 6) is 3.25. The van der Waals surface area contributed by atoms with Gasteiger partial charge in [-0.1, -0.05) is 127 Å². The molecule has 2 nitrogen and oxygen atoms in total. The van der Waals surface area contributed by atoms with E-state index in [0.29, 0.717) is 0 Å². The smallest absolute Gasteiger partial charge is 0.135 e. The van der Waals surface area contributed by atoms with Gasteiger partial charge in [0, 0.05) is 5.56 Å². The van der Waals surface area contributed by atoms with E-state index in [2.05, 4.69) is 115 Å². The molecule has 7 rings (SSSR count). The summed E-state index contributed by atoms with van der Waals surface area (Å²) in [6.07, 6.45) is 0. The molecular formula is C42H30O2. The summed E-state index contributed by atoms with van der Waals surface area (Å²) in [5.41, 5.74) is 8.99. The Labute approximate surface area is 258 Å². The van der Waals surface area contributed by atoms with Crippen molar-refractivity contribution in [1.82, 2.24) is 0 Å². The molecule has 0 spiro atoms. The number of hydrogen-bond donors (Lipinski definition) is 0. The number of benzene rings is 7. The normalized spacial score (nSPS) is 10.7. The maximum atomic E-state index is 6.58. The average molecular weight is 567 g/mol. The Kier molecular flexibility index (Phi) is 7.71. The molecule has 0 heterocycles. The maximum absolute atomic E-state index is 6.58. The van der Waals surface area contributed by atoms with Gasteiger partial charge < -0.3 is 9.47 Å². The zero-order chi connectivity index (χ0) is 29.6. The van der Waals surface area contributed by atoms with Gasteiger partial charge in [0.2, 0.25) is 0 Å². The summed E-state index contributed by atoms with van der Waals surface area (Å²) in [6.45, 7) is 0. The van der Waals surface area contributed by atoms with Crippen LogP contribution in [0.1, 0.15) is 0 Å². The third-order valence-corrected chi connectivity index (χ3v) is 7.60. The fraction of sp³-hybridized carbons (Fsp3) is 0. The average Bonchev–Trinajstić information content (AvgIpc) is 3.10. The SMILES string of the molecule is c1ccc(Oc2ccc(-c3cccc(-c4cccc(Oc5ccc(-c6ccccc6)cc5-c5ccccc5)c4)c3)cc2)cc1. The van der Waals surface area contributed by atoms with Crippen LogP contribution in [-0.2, 0) is 0 Å². The molecule has 0 fully saturated rings. The highest BCUT2D eigenvalue weighted by atomic mass is 16.5. The van der Waals surface area contributed by atoms with Crippen LogP contribution >= 0.6 is 0 Å². The minimum Gasteiger partial charge on any atom is -0.457 e. The summed E-state index contributed by atoms with van der Waals surface area (Å²) in [5, 5.41) is 0. The Balaban J connectivity index is 1.15. The van der Waals surface area contributed by atoms with Gasteiger partial charge in [-0.2, -0.15) is 0 Å². The molecule has 0 bridgehead atoms. The summed E-state index contributed by atoms with van der Waals surface area (Å²) in [7, 11) is 0. The van der Waals surface area contributed by atoms with Gasteiger partial charge in [-0.15, -0.1) is 0 Å². The lowest BCUT2D eigenvalue weighted by Gasteiger charge is -2.15. The molecule has 0 aromatic heterocycles. The van der Waals surface area contributed by atoms with E-state index >= 15 is 0 Å².